The highest BCUT2D eigenvalue weighted by atomic mass is 15.0. The van der Waals surface area contributed by atoms with Gasteiger partial charge in [0.05, 0.1) is 0 Å². The first kappa shape index (κ1) is 10.8. The van der Waals surface area contributed by atoms with Gasteiger partial charge >= 0.3 is 0 Å². The summed E-state index contributed by atoms with van der Waals surface area (Å²) in [6, 6.07) is 3.33. The summed E-state index contributed by atoms with van der Waals surface area (Å²) in [7, 11) is 0. The molecular formula is C10H9N7. The second-order valence-corrected chi connectivity index (χ2v) is 2.99. The van der Waals surface area contributed by atoms with Gasteiger partial charge in [0.2, 0.25) is 0 Å². The van der Waals surface area contributed by atoms with E-state index in [-0.39, 0.29) is 23.3 Å². The molecule has 0 amide bonds. The molecule has 7 heteroatoms. The van der Waals surface area contributed by atoms with Crippen LogP contribution in [0.2, 0.25) is 0 Å². The number of hydrogen-bond donors (Lipinski definition) is 2. The minimum Gasteiger partial charge on any atom is -0.380 e. The molecule has 0 unspecified atom stereocenters. The Morgan fingerprint density at radius 1 is 0.941 bits per heavy atom. The molecular weight excluding hydrogens is 218 g/mol. The fraction of sp³-hybridized carbons (Fsp3) is 0. The van der Waals surface area contributed by atoms with E-state index in [4.69, 9.17) is 11.1 Å². The van der Waals surface area contributed by atoms with Gasteiger partial charge in [-0.2, -0.15) is 0 Å². The van der Waals surface area contributed by atoms with Gasteiger partial charge in [0, 0.05) is 24.8 Å². The number of nitrogens with zero attached hydrogens (tertiary/aromatic N) is 5. The van der Waals surface area contributed by atoms with E-state index in [9.17, 15) is 0 Å². The maximum atomic E-state index is 7.66. The lowest BCUT2D eigenvalue weighted by Crippen LogP contribution is -2.19. The fourth-order valence-corrected chi connectivity index (χ4v) is 1.07. The summed E-state index contributed by atoms with van der Waals surface area (Å²) in [5.74, 6) is 0.401. The zero-order valence-corrected chi connectivity index (χ0v) is 8.78. The minimum atomic E-state index is -0.129. The van der Waals surface area contributed by atoms with Gasteiger partial charge in [-0.15, -0.1) is 0 Å². The van der Waals surface area contributed by atoms with Gasteiger partial charge in [0.1, 0.15) is 0 Å². The fourth-order valence-electron chi connectivity index (χ4n) is 1.07. The lowest BCUT2D eigenvalue weighted by atomic mass is 10.4. The van der Waals surface area contributed by atoms with Crippen molar-refractivity contribution in [1.29, 1.82) is 5.41 Å². The van der Waals surface area contributed by atoms with E-state index in [1.165, 1.54) is 12.4 Å². The third-order valence-electron chi connectivity index (χ3n) is 1.80. The predicted octanol–water partition coefficient (Wildman–Crippen LogP) is -0.00253. The number of nitrogens with one attached hydrogen (secondary N) is 1. The number of aliphatic imine (C=N–C) groups is 1. The van der Waals surface area contributed by atoms with Gasteiger partial charge < -0.3 is 5.73 Å². The Morgan fingerprint density at radius 3 is 1.94 bits per heavy atom. The molecule has 84 valence electrons. The van der Waals surface area contributed by atoms with Crippen LogP contribution in [0.15, 0.2) is 41.9 Å². The van der Waals surface area contributed by atoms with E-state index in [1.54, 1.807) is 24.5 Å². The van der Waals surface area contributed by atoms with Crippen molar-refractivity contribution in [2.75, 3.05) is 0 Å². The smallest absolute Gasteiger partial charge is 0.197 e. The highest BCUT2D eigenvalue weighted by Crippen LogP contribution is 1.94. The molecule has 3 N–H and O–H groups in total. The standard InChI is InChI=1S/C10H9N7/c11-7(9-13-3-1-4-14-9)17-8(12)10-15-5-2-6-16-10/h1-6H,(H3,11,12,17). The molecule has 2 aromatic rings. The second-order valence-electron chi connectivity index (χ2n) is 2.99. The summed E-state index contributed by atoms with van der Waals surface area (Å²) in [4.78, 5) is 19.5. The SMILES string of the molecule is N=C(N=C(N)c1ncccn1)c1ncccn1. The van der Waals surface area contributed by atoms with Gasteiger partial charge in [-0.25, -0.2) is 24.9 Å². The molecule has 0 radical (unpaired) electrons. The Hall–Kier alpha value is -2.70. The Labute approximate surface area is 97.0 Å². The molecule has 0 aliphatic rings. The third kappa shape index (κ3) is 2.65. The van der Waals surface area contributed by atoms with E-state index in [2.05, 4.69) is 24.9 Å². The molecule has 17 heavy (non-hydrogen) atoms. The van der Waals surface area contributed by atoms with Crippen LogP contribution in [0.4, 0.5) is 0 Å². The average Bonchev–Trinajstić information content (AvgIpc) is 2.40. The average molecular weight is 227 g/mol. The molecule has 0 aliphatic heterocycles. The highest BCUT2D eigenvalue weighted by Gasteiger charge is 2.06. The van der Waals surface area contributed by atoms with Crippen LogP contribution in [0, 0.1) is 5.41 Å². The van der Waals surface area contributed by atoms with Gasteiger partial charge in [-0.05, 0) is 12.1 Å². The number of amidine groups is 2. The molecule has 0 aliphatic carbocycles. The van der Waals surface area contributed by atoms with Gasteiger partial charge in [0.15, 0.2) is 23.3 Å². The van der Waals surface area contributed by atoms with Crippen molar-refractivity contribution in [2.24, 2.45) is 10.7 Å². The van der Waals surface area contributed by atoms with Crippen molar-refractivity contribution >= 4 is 11.7 Å². The first-order valence-electron chi connectivity index (χ1n) is 4.75. The second kappa shape index (κ2) is 4.88. The normalized spacial score (nSPS) is 11.2. The zero-order chi connectivity index (χ0) is 12.1. The van der Waals surface area contributed by atoms with Crippen LogP contribution in [-0.2, 0) is 0 Å². The number of hydrogen-bond acceptors (Lipinski definition) is 5. The Bertz CT molecular complexity index is 535. The van der Waals surface area contributed by atoms with Crippen LogP contribution in [0.5, 0.6) is 0 Å². The van der Waals surface area contributed by atoms with Crippen molar-refractivity contribution in [3.05, 3.63) is 48.6 Å². The predicted molar refractivity (Wildman–Crippen MR) is 61.6 cm³/mol. The lowest BCUT2D eigenvalue weighted by molar-refractivity contribution is 1.10. The zero-order valence-electron chi connectivity index (χ0n) is 8.78. The Morgan fingerprint density at radius 2 is 1.41 bits per heavy atom. The van der Waals surface area contributed by atoms with E-state index in [0.29, 0.717) is 0 Å². The monoisotopic (exact) mass is 227 g/mol. The summed E-state index contributed by atoms with van der Waals surface area (Å²) in [5, 5.41) is 7.66. The summed E-state index contributed by atoms with van der Waals surface area (Å²) in [6.45, 7) is 0. The van der Waals surface area contributed by atoms with Crippen LogP contribution in [0.25, 0.3) is 0 Å². The summed E-state index contributed by atoms with van der Waals surface area (Å²) in [5.41, 5.74) is 5.66. The summed E-state index contributed by atoms with van der Waals surface area (Å²) < 4.78 is 0. The molecule has 0 saturated carbocycles. The third-order valence-corrected chi connectivity index (χ3v) is 1.80. The molecule has 7 nitrogen and oxygen atoms in total. The van der Waals surface area contributed by atoms with Crippen molar-refractivity contribution in [3.8, 4) is 0 Å². The van der Waals surface area contributed by atoms with Gasteiger partial charge in [0.25, 0.3) is 0 Å². The van der Waals surface area contributed by atoms with Crippen LogP contribution in [0.3, 0.4) is 0 Å². The first-order valence-corrected chi connectivity index (χ1v) is 4.75. The maximum Gasteiger partial charge on any atom is 0.197 e. The maximum absolute atomic E-state index is 7.66. The molecule has 0 spiro atoms. The summed E-state index contributed by atoms with van der Waals surface area (Å²) in [6.07, 6.45) is 6.16. The van der Waals surface area contributed by atoms with E-state index >= 15 is 0 Å². The topological polar surface area (TPSA) is 114 Å². The van der Waals surface area contributed by atoms with Crippen molar-refractivity contribution in [2.45, 2.75) is 0 Å². The van der Waals surface area contributed by atoms with Crippen LogP contribution in [0.1, 0.15) is 11.6 Å². The highest BCUT2D eigenvalue weighted by molar-refractivity contribution is 6.06. The van der Waals surface area contributed by atoms with Gasteiger partial charge in [-0.3, -0.25) is 5.41 Å². The molecule has 0 fully saturated rings. The van der Waals surface area contributed by atoms with Crippen LogP contribution >= 0.6 is 0 Å². The largest absolute Gasteiger partial charge is 0.380 e. The molecule has 0 atom stereocenters. The molecule has 0 bridgehead atoms. The Balaban J connectivity index is 2.24. The minimum absolute atomic E-state index is 0.0584. The van der Waals surface area contributed by atoms with Gasteiger partial charge in [-0.1, -0.05) is 0 Å². The number of aromatic nitrogens is 4. The van der Waals surface area contributed by atoms with E-state index < -0.39 is 0 Å². The molecule has 2 heterocycles. The number of nitrogens with two attached hydrogens (primary N) is 1. The Kier molecular flexibility index (Phi) is 3.10. The summed E-state index contributed by atoms with van der Waals surface area (Å²) >= 11 is 0. The van der Waals surface area contributed by atoms with Crippen molar-refractivity contribution in [1.82, 2.24) is 19.9 Å². The quantitative estimate of drug-likeness (QED) is 0.553. The number of rotatable bonds is 2. The van der Waals surface area contributed by atoms with Crippen molar-refractivity contribution in [3.63, 3.8) is 0 Å². The van der Waals surface area contributed by atoms with Crippen molar-refractivity contribution < 1.29 is 0 Å². The molecule has 0 aromatic carbocycles. The molecule has 2 rings (SSSR count). The van der Waals surface area contributed by atoms with E-state index in [0.717, 1.165) is 0 Å². The first-order chi connectivity index (χ1) is 8.27. The van der Waals surface area contributed by atoms with E-state index in [1.807, 2.05) is 0 Å². The lowest BCUT2D eigenvalue weighted by Gasteiger charge is -1.99. The molecule has 0 saturated heterocycles. The molecule has 2 aromatic heterocycles. The van der Waals surface area contributed by atoms with Crippen LogP contribution in [-0.4, -0.2) is 31.6 Å². The van der Waals surface area contributed by atoms with Crippen LogP contribution < -0.4 is 5.73 Å².